The smallest absolute Gasteiger partial charge is 0.408 e. The molecular weight excluding hydrogens is 465 g/mol. The van der Waals surface area contributed by atoms with E-state index in [1.54, 1.807) is 43.9 Å². The molecule has 2 aromatic carbocycles. The van der Waals surface area contributed by atoms with Gasteiger partial charge in [-0.15, -0.1) is 0 Å². The molecule has 1 heterocycles. The topological polar surface area (TPSA) is 107 Å². The summed E-state index contributed by atoms with van der Waals surface area (Å²) in [7, 11) is 0. The predicted octanol–water partition coefficient (Wildman–Crippen LogP) is 5.78. The summed E-state index contributed by atoms with van der Waals surface area (Å²) in [4.78, 5) is 30.4. The van der Waals surface area contributed by atoms with Crippen molar-refractivity contribution in [2.45, 2.75) is 58.5 Å². The fraction of sp³-hybridized carbons (Fsp3) is 0.391. The first kappa shape index (κ1) is 24.7. The molecule has 10 heteroatoms. The summed E-state index contributed by atoms with van der Waals surface area (Å²) in [6, 6.07) is 9.89. The average molecular weight is 490 g/mol. The number of nitrogens with one attached hydrogen (secondary N) is 1. The van der Waals surface area contributed by atoms with Gasteiger partial charge in [-0.25, -0.2) is 4.79 Å². The zero-order valence-corrected chi connectivity index (χ0v) is 20.2. The van der Waals surface area contributed by atoms with Crippen LogP contribution in [0.1, 0.15) is 43.0 Å². The summed E-state index contributed by atoms with van der Waals surface area (Å²) in [5.41, 5.74) is 11.4. The molecule has 174 valence electrons. The highest BCUT2D eigenvalue weighted by Crippen LogP contribution is 2.27. The number of rotatable bonds is 6. The Bertz CT molecular complexity index is 1110. The minimum atomic E-state index is -0.879. The van der Waals surface area contributed by atoms with Gasteiger partial charge in [-0.1, -0.05) is 52.6 Å². The van der Waals surface area contributed by atoms with Gasteiger partial charge in [-0.2, -0.15) is 0 Å². The molecule has 1 aliphatic rings. The van der Waals surface area contributed by atoms with Gasteiger partial charge in [0.05, 0.1) is 6.54 Å². The Kier molecular flexibility index (Phi) is 7.74. The predicted molar refractivity (Wildman–Crippen MR) is 127 cm³/mol. The molecule has 0 spiro atoms. The number of fused-ring (bicyclic) bond motifs is 1. The highest BCUT2D eigenvalue weighted by atomic mass is 35.5. The largest absolute Gasteiger partial charge is 0.444 e. The zero-order chi connectivity index (χ0) is 24.2. The third-order valence-electron chi connectivity index (χ3n) is 5.05. The monoisotopic (exact) mass is 489 g/mol. The van der Waals surface area contributed by atoms with Crippen LogP contribution in [0.2, 0.25) is 10.0 Å². The van der Waals surface area contributed by atoms with Crippen molar-refractivity contribution in [2.75, 3.05) is 0 Å². The molecule has 0 fully saturated rings. The fourth-order valence-electron chi connectivity index (χ4n) is 3.59. The number of carbonyl (C=O) groups excluding carboxylic acids is 2. The van der Waals surface area contributed by atoms with Crippen LogP contribution in [0.25, 0.3) is 10.4 Å². The van der Waals surface area contributed by atoms with Gasteiger partial charge in [0.1, 0.15) is 11.6 Å². The van der Waals surface area contributed by atoms with Crippen molar-refractivity contribution in [3.8, 4) is 0 Å². The van der Waals surface area contributed by atoms with Gasteiger partial charge in [0.2, 0.25) is 5.91 Å². The highest BCUT2D eigenvalue weighted by Gasteiger charge is 2.32. The van der Waals surface area contributed by atoms with Gasteiger partial charge >= 0.3 is 6.09 Å². The van der Waals surface area contributed by atoms with E-state index >= 15 is 0 Å². The van der Waals surface area contributed by atoms with Gasteiger partial charge in [0, 0.05) is 34.5 Å². The van der Waals surface area contributed by atoms with Crippen LogP contribution in [0.3, 0.4) is 0 Å². The van der Waals surface area contributed by atoms with Crippen LogP contribution in [0.4, 0.5) is 4.79 Å². The van der Waals surface area contributed by atoms with E-state index in [1.807, 2.05) is 18.2 Å². The maximum absolute atomic E-state index is 13.5. The van der Waals surface area contributed by atoms with Crippen LogP contribution in [0, 0.1) is 0 Å². The quantitative estimate of drug-likeness (QED) is 0.315. The lowest BCUT2D eigenvalue weighted by Crippen LogP contribution is -2.49. The summed E-state index contributed by atoms with van der Waals surface area (Å²) in [6.45, 7) is 6.31. The van der Waals surface area contributed by atoms with E-state index in [2.05, 4.69) is 15.3 Å². The summed E-state index contributed by atoms with van der Waals surface area (Å²) in [5.74, 6) is -0.250. The fourth-order valence-corrected chi connectivity index (χ4v) is 4.08. The van der Waals surface area contributed by atoms with Crippen molar-refractivity contribution in [3.63, 3.8) is 0 Å². The molecule has 0 saturated heterocycles. The molecule has 1 N–H and O–H groups in total. The zero-order valence-electron chi connectivity index (χ0n) is 18.6. The third kappa shape index (κ3) is 6.78. The number of azide groups is 1. The summed E-state index contributed by atoms with van der Waals surface area (Å²) < 4.78 is 5.37. The summed E-state index contributed by atoms with van der Waals surface area (Å²) in [5, 5.41) is 7.20. The van der Waals surface area contributed by atoms with E-state index < -0.39 is 17.7 Å². The van der Waals surface area contributed by atoms with Gasteiger partial charge in [0.15, 0.2) is 0 Å². The standard InChI is InChI=1S/C23H25Cl2N5O3/c1-23(2,3)33-22(32)28-20(9-15-6-7-18(24)10-19(15)25)21(31)30-12-16-5-4-14(11-27-29-26)8-17(16)13-30/h4-8,10,20H,9,11-13H2,1-3H3,(H,28,32)/t20-/m1/s1. The van der Waals surface area contributed by atoms with Crippen LogP contribution in [0.15, 0.2) is 41.5 Å². The van der Waals surface area contributed by atoms with E-state index in [-0.39, 0.29) is 18.9 Å². The Labute approximate surface area is 202 Å². The van der Waals surface area contributed by atoms with Crippen LogP contribution in [0.5, 0.6) is 0 Å². The number of amides is 2. The van der Waals surface area contributed by atoms with E-state index in [9.17, 15) is 9.59 Å². The lowest BCUT2D eigenvalue weighted by atomic mass is 10.0. The second-order valence-corrected chi connectivity index (χ2v) is 9.67. The minimum Gasteiger partial charge on any atom is -0.444 e. The van der Waals surface area contributed by atoms with E-state index in [0.717, 1.165) is 16.7 Å². The first-order valence-corrected chi connectivity index (χ1v) is 11.1. The second kappa shape index (κ2) is 10.3. The Morgan fingerprint density at radius 1 is 1.18 bits per heavy atom. The number of benzene rings is 2. The highest BCUT2D eigenvalue weighted by molar-refractivity contribution is 6.35. The van der Waals surface area contributed by atoms with Crippen LogP contribution >= 0.6 is 23.2 Å². The molecule has 1 aliphatic heterocycles. The number of ether oxygens (including phenoxy) is 1. The maximum Gasteiger partial charge on any atom is 0.408 e. The van der Waals surface area contributed by atoms with Crippen molar-refractivity contribution in [1.29, 1.82) is 0 Å². The van der Waals surface area contributed by atoms with Crippen molar-refractivity contribution in [3.05, 3.63) is 79.1 Å². The molecule has 1 atom stereocenters. The van der Waals surface area contributed by atoms with Crippen molar-refractivity contribution >= 4 is 35.2 Å². The lowest BCUT2D eigenvalue weighted by molar-refractivity contribution is -0.134. The molecule has 0 saturated carbocycles. The van der Waals surface area contributed by atoms with E-state index in [0.29, 0.717) is 28.7 Å². The minimum absolute atomic E-state index is 0.184. The molecule has 0 unspecified atom stereocenters. The van der Waals surface area contributed by atoms with Crippen molar-refractivity contribution in [2.24, 2.45) is 5.11 Å². The number of hydrogen-bond donors (Lipinski definition) is 1. The molecule has 0 aliphatic carbocycles. The normalized spacial score (nSPS) is 13.7. The summed E-state index contributed by atoms with van der Waals surface area (Å²) in [6.07, 6.45) is -0.498. The van der Waals surface area contributed by atoms with Crippen molar-refractivity contribution < 1.29 is 14.3 Å². The SMILES string of the molecule is CC(C)(C)OC(=O)N[C@H](Cc1ccc(Cl)cc1Cl)C(=O)N1Cc2ccc(CN=[N+]=[N-])cc2C1. The Morgan fingerprint density at radius 2 is 1.91 bits per heavy atom. The first-order chi connectivity index (χ1) is 15.6. The Balaban J connectivity index is 1.80. The molecule has 0 bridgehead atoms. The Hall–Kier alpha value is -2.93. The first-order valence-electron chi connectivity index (χ1n) is 10.4. The van der Waals surface area contributed by atoms with Crippen molar-refractivity contribution in [1.82, 2.24) is 10.2 Å². The number of nitrogens with zero attached hydrogens (tertiary/aromatic N) is 4. The number of halogens is 2. The number of alkyl carbamates (subject to hydrolysis) is 1. The van der Waals surface area contributed by atoms with Gasteiger partial charge in [-0.3, -0.25) is 4.79 Å². The molecule has 2 aromatic rings. The molecule has 0 radical (unpaired) electrons. The van der Waals surface area contributed by atoms with Crippen LogP contribution in [-0.4, -0.2) is 28.5 Å². The molecule has 33 heavy (non-hydrogen) atoms. The van der Waals surface area contributed by atoms with E-state index in [4.69, 9.17) is 33.5 Å². The van der Waals surface area contributed by atoms with Crippen LogP contribution < -0.4 is 5.32 Å². The van der Waals surface area contributed by atoms with E-state index in [1.165, 1.54) is 0 Å². The van der Waals surface area contributed by atoms with Crippen LogP contribution in [-0.2, 0) is 35.6 Å². The van der Waals surface area contributed by atoms with Gasteiger partial charge < -0.3 is 15.0 Å². The lowest BCUT2D eigenvalue weighted by Gasteiger charge is -2.26. The number of carbonyl (C=O) groups is 2. The van der Waals surface area contributed by atoms with Gasteiger partial charge in [0.25, 0.3) is 0 Å². The molecule has 0 aromatic heterocycles. The van der Waals surface area contributed by atoms with Gasteiger partial charge in [-0.05, 0) is 60.7 Å². The molecule has 2 amide bonds. The third-order valence-corrected chi connectivity index (χ3v) is 5.64. The Morgan fingerprint density at radius 3 is 2.58 bits per heavy atom. The second-order valence-electron chi connectivity index (χ2n) is 8.83. The average Bonchev–Trinajstić information content (AvgIpc) is 3.15. The molecule has 8 nitrogen and oxygen atoms in total. The molecule has 3 rings (SSSR count). The maximum atomic E-state index is 13.5. The summed E-state index contributed by atoms with van der Waals surface area (Å²) >= 11 is 12.3. The molecular formula is C23H25Cl2N5O3. The number of hydrogen-bond acceptors (Lipinski definition) is 4.